The molecule has 23 heavy (non-hydrogen) atoms. The molecule has 2 unspecified atom stereocenters. The molecule has 2 rings (SSSR count). The molecule has 2 N–H and O–H groups in total. The van der Waals surface area contributed by atoms with E-state index in [1.807, 2.05) is 18.0 Å². The van der Waals surface area contributed by atoms with Crippen molar-refractivity contribution in [1.29, 1.82) is 0 Å². The third-order valence-electron chi connectivity index (χ3n) is 4.50. The monoisotopic (exact) mass is 361 g/mol. The van der Waals surface area contributed by atoms with Crippen LogP contribution in [0.5, 0.6) is 0 Å². The van der Waals surface area contributed by atoms with Crippen LogP contribution in [0.2, 0.25) is 0 Å². The lowest BCUT2D eigenvalue weighted by Crippen LogP contribution is -2.52. The zero-order chi connectivity index (χ0) is 15.4. The zero-order valence-corrected chi connectivity index (χ0v) is 15.8. The normalized spacial score (nSPS) is 22.4. The molecule has 132 valence electrons. The quantitative estimate of drug-likeness (QED) is 0.896. The number of piperidine rings is 1. The minimum Gasteiger partial charge on any atom is -0.341 e. The van der Waals surface area contributed by atoms with Crippen molar-refractivity contribution < 1.29 is 4.79 Å². The van der Waals surface area contributed by atoms with E-state index in [2.05, 4.69) is 36.1 Å². The summed E-state index contributed by atoms with van der Waals surface area (Å²) in [6.07, 6.45) is 2.04. The molecule has 0 spiro atoms. The van der Waals surface area contributed by atoms with E-state index in [0.29, 0.717) is 12.1 Å². The number of nitrogens with zero attached hydrogens (tertiary/aromatic N) is 2. The molecule has 1 aliphatic rings. The van der Waals surface area contributed by atoms with Crippen molar-refractivity contribution in [2.24, 2.45) is 5.73 Å². The maximum atomic E-state index is 12.0. The van der Waals surface area contributed by atoms with Gasteiger partial charge in [-0.2, -0.15) is 0 Å². The highest BCUT2D eigenvalue weighted by atomic mass is 35.5. The van der Waals surface area contributed by atoms with Crippen molar-refractivity contribution in [1.82, 2.24) is 9.80 Å². The summed E-state index contributed by atoms with van der Waals surface area (Å²) in [5.41, 5.74) is 7.06. The molecule has 1 aromatic rings. The van der Waals surface area contributed by atoms with Crippen molar-refractivity contribution in [2.75, 3.05) is 13.6 Å². The predicted molar refractivity (Wildman–Crippen MR) is 100 cm³/mol. The number of hydrogen-bond donors (Lipinski definition) is 1. The molecular formula is C17H29Cl2N3O. The highest BCUT2D eigenvalue weighted by Gasteiger charge is 2.30. The van der Waals surface area contributed by atoms with Gasteiger partial charge in [-0.15, -0.1) is 24.8 Å². The predicted octanol–water partition coefficient (Wildman–Crippen LogP) is 2.69. The Balaban J connectivity index is 0.00000242. The molecule has 1 aliphatic heterocycles. The van der Waals surface area contributed by atoms with Gasteiger partial charge >= 0.3 is 0 Å². The molecule has 4 nitrogen and oxygen atoms in total. The summed E-state index contributed by atoms with van der Waals surface area (Å²) in [5, 5.41) is 0. The van der Waals surface area contributed by atoms with Gasteiger partial charge in [0.25, 0.3) is 0 Å². The van der Waals surface area contributed by atoms with E-state index in [9.17, 15) is 4.79 Å². The van der Waals surface area contributed by atoms with E-state index in [1.54, 1.807) is 6.92 Å². The summed E-state index contributed by atoms with van der Waals surface area (Å²) in [4.78, 5) is 16.4. The Morgan fingerprint density at radius 3 is 2.48 bits per heavy atom. The molecule has 0 saturated carbocycles. The summed E-state index contributed by atoms with van der Waals surface area (Å²) in [6, 6.07) is 10.9. The first kappa shape index (κ1) is 22.2. The van der Waals surface area contributed by atoms with Crippen molar-refractivity contribution >= 4 is 30.7 Å². The van der Waals surface area contributed by atoms with Crippen LogP contribution in [0.15, 0.2) is 30.3 Å². The zero-order valence-electron chi connectivity index (χ0n) is 14.1. The second kappa shape index (κ2) is 10.1. The van der Waals surface area contributed by atoms with E-state index in [4.69, 9.17) is 5.73 Å². The van der Waals surface area contributed by atoms with Gasteiger partial charge in [-0.3, -0.25) is 9.69 Å². The van der Waals surface area contributed by atoms with E-state index in [-0.39, 0.29) is 30.7 Å². The molecule has 0 aliphatic carbocycles. The average molecular weight is 362 g/mol. The number of likely N-dealkylation sites (tertiary alicyclic amines) is 1. The van der Waals surface area contributed by atoms with Crippen molar-refractivity contribution in [2.45, 2.75) is 51.4 Å². The highest BCUT2D eigenvalue weighted by Crippen LogP contribution is 2.23. The van der Waals surface area contributed by atoms with Crippen LogP contribution in [0.3, 0.4) is 0 Å². The molecule has 1 heterocycles. The van der Waals surface area contributed by atoms with Crippen LogP contribution in [0.25, 0.3) is 0 Å². The number of rotatable bonds is 4. The van der Waals surface area contributed by atoms with Crippen molar-refractivity contribution in [3.05, 3.63) is 35.9 Å². The first-order chi connectivity index (χ1) is 9.99. The third kappa shape index (κ3) is 5.96. The molecule has 0 aromatic heterocycles. The minimum atomic E-state index is -0.410. The van der Waals surface area contributed by atoms with Gasteiger partial charge in [0, 0.05) is 32.2 Å². The minimum absolute atomic E-state index is 0. The maximum Gasteiger partial charge on any atom is 0.239 e. The van der Waals surface area contributed by atoms with Gasteiger partial charge in [-0.25, -0.2) is 0 Å². The first-order valence-corrected chi connectivity index (χ1v) is 7.79. The Kier molecular flexibility index (Phi) is 9.78. The molecule has 1 aromatic carbocycles. The van der Waals surface area contributed by atoms with E-state index in [0.717, 1.165) is 25.9 Å². The third-order valence-corrected chi connectivity index (χ3v) is 4.50. The lowest BCUT2D eigenvalue weighted by atomic mass is 9.96. The topological polar surface area (TPSA) is 49.6 Å². The number of carbonyl (C=O) groups excluding carboxylic acids is 1. The highest BCUT2D eigenvalue weighted by molar-refractivity contribution is 5.85. The maximum absolute atomic E-state index is 12.0. The van der Waals surface area contributed by atoms with Crippen molar-refractivity contribution in [3.63, 3.8) is 0 Å². The molecular weight excluding hydrogens is 333 g/mol. The largest absolute Gasteiger partial charge is 0.341 e. The van der Waals surface area contributed by atoms with Crippen LogP contribution in [0.1, 0.15) is 32.3 Å². The van der Waals surface area contributed by atoms with Crippen LogP contribution < -0.4 is 5.73 Å². The second-order valence-corrected chi connectivity index (χ2v) is 6.22. The van der Waals surface area contributed by atoms with Crippen LogP contribution in [0.4, 0.5) is 0 Å². The van der Waals surface area contributed by atoms with E-state index < -0.39 is 6.04 Å². The number of carbonyl (C=O) groups is 1. The number of likely N-dealkylation sites (N-methyl/N-ethyl adjacent to an activating group) is 1. The SMILES string of the molecule is CC1CC(N(C)C(=O)[C@@H](C)N)CCN1Cc1ccccc1.Cl.Cl. The van der Waals surface area contributed by atoms with Gasteiger partial charge in [0.05, 0.1) is 6.04 Å². The first-order valence-electron chi connectivity index (χ1n) is 7.79. The van der Waals surface area contributed by atoms with Gasteiger partial charge in [-0.1, -0.05) is 30.3 Å². The lowest BCUT2D eigenvalue weighted by molar-refractivity contribution is -0.134. The molecule has 6 heteroatoms. The Labute approximate surface area is 152 Å². The van der Waals surface area contributed by atoms with Gasteiger partial charge in [0.15, 0.2) is 0 Å². The Morgan fingerprint density at radius 2 is 1.96 bits per heavy atom. The van der Waals surface area contributed by atoms with Crippen LogP contribution in [-0.4, -0.2) is 47.4 Å². The van der Waals surface area contributed by atoms with Crippen LogP contribution >= 0.6 is 24.8 Å². The smallest absolute Gasteiger partial charge is 0.239 e. The van der Waals surface area contributed by atoms with Gasteiger partial charge in [0.1, 0.15) is 0 Å². The average Bonchev–Trinajstić information content (AvgIpc) is 2.48. The summed E-state index contributed by atoms with van der Waals surface area (Å²) < 4.78 is 0. The fourth-order valence-electron chi connectivity index (χ4n) is 3.10. The summed E-state index contributed by atoms with van der Waals surface area (Å²) in [5.74, 6) is 0.0451. The van der Waals surface area contributed by atoms with Gasteiger partial charge in [-0.05, 0) is 32.3 Å². The Morgan fingerprint density at radius 1 is 1.35 bits per heavy atom. The van der Waals surface area contributed by atoms with Crippen molar-refractivity contribution in [3.8, 4) is 0 Å². The Bertz CT molecular complexity index is 470. The fourth-order valence-corrected chi connectivity index (χ4v) is 3.10. The summed E-state index contributed by atoms with van der Waals surface area (Å²) in [6.45, 7) is 6.02. The summed E-state index contributed by atoms with van der Waals surface area (Å²) in [7, 11) is 1.88. The van der Waals surface area contributed by atoms with Crippen LogP contribution in [0, 0.1) is 0 Å². The lowest BCUT2D eigenvalue weighted by Gasteiger charge is -2.41. The molecule has 1 fully saturated rings. The number of nitrogens with two attached hydrogens (primary N) is 1. The molecule has 3 atom stereocenters. The Hall–Kier alpha value is -0.810. The number of halogens is 2. The number of amides is 1. The fraction of sp³-hybridized carbons (Fsp3) is 0.588. The van der Waals surface area contributed by atoms with E-state index >= 15 is 0 Å². The molecule has 0 radical (unpaired) electrons. The van der Waals surface area contributed by atoms with Gasteiger partial charge in [0.2, 0.25) is 5.91 Å². The number of benzene rings is 1. The summed E-state index contributed by atoms with van der Waals surface area (Å²) >= 11 is 0. The molecule has 1 amide bonds. The van der Waals surface area contributed by atoms with Gasteiger partial charge < -0.3 is 10.6 Å². The second-order valence-electron chi connectivity index (χ2n) is 6.22. The number of hydrogen-bond acceptors (Lipinski definition) is 3. The van der Waals surface area contributed by atoms with Crippen LogP contribution in [-0.2, 0) is 11.3 Å². The van der Waals surface area contributed by atoms with E-state index in [1.165, 1.54) is 5.56 Å². The molecule has 0 bridgehead atoms. The molecule has 1 saturated heterocycles. The standard InChI is InChI=1S/C17H27N3O.2ClH/c1-13-11-16(19(3)17(21)14(2)18)9-10-20(13)12-15-7-5-4-6-8-15;;/h4-8,13-14,16H,9-12,18H2,1-3H3;2*1H/t13?,14-,16?;;/m1../s1.